The van der Waals surface area contributed by atoms with Gasteiger partial charge >= 0.3 is 12.1 Å². The minimum atomic E-state index is -4.67. The lowest BCUT2D eigenvalue weighted by atomic mass is 9.59. The Labute approximate surface area is 163 Å². The molecule has 0 saturated heterocycles. The Bertz CT molecular complexity index is 494. The van der Waals surface area contributed by atoms with E-state index < -0.39 is 34.5 Å². The van der Waals surface area contributed by atoms with Crippen LogP contribution in [-0.2, 0) is 9.53 Å². The number of esters is 1. The van der Waals surface area contributed by atoms with Crippen molar-refractivity contribution in [3.05, 3.63) is 0 Å². The van der Waals surface area contributed by atoms with E-state index in [1.165, 1.54) is 20.8 Å². The maximum absolute atomic E-state index is 14.3. The number of ether oxygens (including phenoxy) is 1. The first-order valence-electron chi connectivity index (χ1n) is 10.1. The molecule has 27 heavy (non-hydrogen) atoms. The third-order valence-corrected chi connectivity index (χ3v) is 6.08. The monoisotopic (exact) mass is 392 g/mol. The second-order valence-electron chi connectivity index (χ2n) is 11.6. The molecule has 1 rings (SSSR count). The summed E-state index contributed by atoms with van der Waals surface area (Å²) in [6.45, 7) is 16.2. The van der Waals surface area contributed by atoms with Crippen LogP contribution in [0.25, 0.3) is 0 Å². The molecule has 2 nitrogen and oxygen atoms in total. The van der Waals surface area contributed by atoms with Gasteiger partial charge in [0.25, 0.3) is 0 Å². The standard InChI is InChI=1S/C22H39F3O2/c1-18(2,3)14-21(20(7,8)9,22(23,24)25)17(26)27-16-12-10-15(11-13-16)19(4,5)6/h15-16H,10-14H2,1-9H3. The van der Waals surface area contributed by atoms with E-state index in [1.54, 1.807) is 20.8 Å². The van der Waals surface area contributed by atoms with E-state index in [0.29, 0.717) is 18.8 Å². The predicted octanol–water partition coefficient (Wildman–Crippen LogP) is 7.17. The molecule has 0 aromatic rings. The van der Waals surface area contributed by atoms with Crippen LogP contribution in [0.15, 0.2) is 0 Å². The molecule has 5 heteroatoms. The number of carbonyl (C=O) groups excluding carboxylic acids is 1. The van der Waals surface area contributed by atoms with Crippen molar-refractivity contribution < 1.29 is 22.7 Å². The van der Waals surface area contributed by atoms with Gasteiger partial charge in [-0.3, -0.25) is 4.79 Å². The zero-order valence-corrected chi connectivity index (χ0v) is 18.6. The van der Waals surface area contributed by atoms with Crippen LogP contribution >= 0.6 is 0 Å². The fourth-order valence-electron chi connectivity index (χ4n) is 4.38. The normalized spacial score (nSPS) is 25.0. The number of alkyl halides is 3. The Hall–Kier alpha value is -0.740. The summed E-state index contributed by atoms with van der Waals surface area (Å²) >= 11 is 0. The Morgan fingerprint density at radius 2 is 1.30 bits per heavy atom. The Kier molecular flexibility index (Phi) is 6.83. The van der Waals surface area contributed by atoms with Gasteiger partial charge in [-0.15, -0.1) is 0 Å². The molecule has 160 valence electrons. The highest BCUT2D eigenvalue weighted by molar-refractivity contribution is 5.79. The van der Waals surface area contributed by atoms with Crippen LogP contribution < -0.4 is 0 Å². The fraction of sp³-hybridized carbons (Fsp3) is 0.955. The van der Waals surface area contributed by atoms with Crippen LogP contribution in [0.1, 0.15) is 94.4 Å². The van der Waals surface area contributed by atoms with Gasteiger partial charge in [-0.25, -0.2) is 0 Å². The summed E-state index contributed by atoms with van der Waals surface area (Å²) in [5.41, 5.74) is -4.30. The van der Waals surface area contributed by atoms with Crippen molar-refractivity contribution >= 4 is 5.97 Å². The molecule has 0 N–H and O–H groups in total. The smallest absolute Gasteiger partial charge is 0.405 e. The first-order valence-corrected chi connectivity index (χ1v) is 10.1. The molecule has 0 aliphatic heterocycles. The van der Waals surface area contributed by atoms with Crippen LogP contribution in [0.5, 0.6) is 0 Å². The first kappa shape index (κ1) is 24.3. The maximum Gasteiger partial charge on any atom is 0.405 e. The van der Waals surface area contributed by atoms with Gasteiger partial charge in [-0.05, 0) is 54.3 Å². The summed E-state index contributed by atoms with van der Waals surface area (Å²) in [6.07, 6.45) is -2.32. The largest absolute Gasteiger partial charge is 0.462 e. The van der Waals surface area contributed by atoms with Gasteiger partial charge in [-0.1, -0.05) is 62.3 Å². The zero-order chi connectivity index (χ0) is 21.5. The van der Waals surface area contributed by atoms with Crippen LogP contribution in [-0.4, -0.2) is 18.2 Å². The summed E-state index contributed by atoms with van der Waals surface area (Å²) < 4.78 is 48.5. The molecule has 1 fully saturated rings. The van der Waals surface area contributed by atoms with Crippen LogP contribution in [0, 0.1) is 27.6 Å². The number of rotatable bonds is 3. The van der Waals surface area contributed by atoms with Gasteiger partial charge in [0, 0.05) is 0 Å². The van der Waals surface area contributed by atoms with Gasteiger partial charge in [-0.2, -0.15) is 13.2 Å². The van der Waals surface area contributed by atoms with E-state index in [-0.39, 0.29) is 11.8 Å². The summed E-state index contributed by atoms with van der Waals surface area (Å²) in [5, 5.41) is 0. The first-order chi connectivity index (χ1) is 11.8. The average Bonchev–Trinajstić information content (AvgIpc) is 2.40. The van der Waals surface area contributed by atoms with E-state index >= 15 is 0 Å². The van der Waals surface area contributed by atoms with Gasteiger partial charge in [0.05, 0.1) is 0 Å². The van der Waals surface area contributed by atoms with Crippen molar-refractivity contribution in [1.29, 1.82) is 0 Å². The van der Waals surface area contributed by atoms with E-state index in [4.69, 9.17) is 4.74 Å². The van der Waals surface area contributed by atoms with Gasteiger partial charge in [0.15, 0.2) is 5.41 Å². The third kappa shape index (κ3) is 5.63. The second kappa shape index (κ2) is 7.59. The Morgan fingerprint density at radius 1 is 0.852 bits per heavy atom. The van der Waals surface area contributed by atoms with Crippen molar-refractivity contribution in [1.82, 2.24) is 0 Å². The molecule has 1 saturated carbocycles. The van der Waals surface area contributed by atoms with Gasteiger partial charge in [0.2, 0.25) is 0 Å². The molecule has 1 atom stereocenters. The van der Waals surface area contributed by atoms with E-state index in [2.05, 4.69) is 20.8 Å². The van der Waals surface area contributed by atoms with Crippen molar-refractivity contribution in [2.45, 2.75) is 107 Å². The molecule has 0 bridgehead atoms. The van der Waals surface area contributed by atoms with Crippen LogP contribution in [0.2, 0.25) is 0 Å². The summed E-state index contributed by atoms with van der Waals surface area (Å²) in [5.74, 6) is -0.589. The molecule has 0 spiro atoms. The lowest BCUT2D eigenvalue weighted by Gasteiger charge is -2.47. The van der Waals surface area contributed by atoms with Gasteiger partial charge in [0.1, 0.15) is 6.10 Å². The summed E-state index contributed by atoms with van der Waals surface area (Å²) in [6, 6.07) is 0. The summed E-state index contributed by atoms with van der Waals surface area (Å²) in [4.78, 5) is 13.0. The summed E-state index contributed by atoms with van der Waals surface area (Å²) in [7, 11) is 0. The highest BCUT2D eigenvalue weighted by Crippen LogP contribution is 2.57. The van der Waals surface area contributed by atoms with Crippen molar-refractivity contribution in [3.63, 3.8) is 0 Å². The molecular formula is C22H39F3O2. The number of hydrogen-bond acceptors (Lipinski definition) is 2. The fourth-order valence-corrected chi connectivity index (χ4v) is 4.38. The topological polar surface area (TPSA) is 26.3 Å². The molecule has 1 aliphatic rings. The molecule has 1 unspecified atom stereocenters. The quantitative estimate of drug-likeness (QED) is 0.476. The molecule has 0 aromatic carbocycles. The van der Waals surface area contributed by atoms with Crippen LogP contribution in [0.4, 0.5) is 13.2 Å². The second-order valence-corrected chi connectivity index (χ2v) is 11.6. The minimum absolute atomic E-state index is 0.169. The molecule has 0 aromatic heterocycles. The highest BCUT2D eigenvalue weighted by atomic mass is 19.4. The SMILES string of the molecule is CC(C)(C)CC(C(=O)OC1CCC(C(C)(C)C)CC1)(C(C)(C)C)C(F)(F)F. The number of carbonyl (C=O) groups is 1. The predicted molar refractivity (Wildman–Crippen MR) is 103 cm³/mol. The zero-order valence-electron chi connectivity index (χ0n) is 18.6. The van der Waals surface area contributed by atoms with E-state index in [0.717, 1.165) is 12.8 Å². The molecule has 0 heterocycles. The van der Waals surface area contributed by atoms with E-state index in [1.807, 2.05) is 0 Å². The molecule has 0 radical (unpaired) electrons. The lowest BCUT2D eigenvalue weighted by molar-refractivity contribution is -0.272. The van der Waals surface area contributed by atoms with Gasteiger partial charge < -0.3 is 4.74 Å². The lowest BCUT2D eigenvalue weighted by Crippen LogP contribution is -2.57. The number of halogens is 3. The van der Waals surface area contributed by atoms with Crippen molar-refractivity contribution in [3.8, 4) is 0 Å². The molecule has 1 aliphatic carbocycles. The number of hydrogen-bond donors (Lipinski definition) is 0. The highest BCUT2D eigenvalue weighted by Gasteiger charge is 2.68. The minimum Gasteiger partial charge on any atom is -0.462 e. The van der Waals surface area contributed by atoms with Crippen LogP contribution in [0.3, 0.4) is 0 Å². The van der Waals surface area contributed by atoms with E-state index in [9.17, 15) is 18.0 Å². The van der Waals surface area contributed by atoms with Crippen molar-refractivity contribution in [2.24, 2.45) is 27.6 Å². The Balaban J connectivity index is 3.09. The molecule has 0 amide bonds. The average molecular weight is 393 g/mol. The maximum atomic E-state index is 14.3. The molecular weight excluding hydrogens is 353 g/mol. The Morgan fingerprint density at radius 3 is 1.59 bits per heavy atom. The third-order valence-electron chi connectivity index (χ3n) is 6.08. The van der Waals surface area contributed by atoms with Crippen molar-refractivity contribution in [2.75, 3.05) is 0 Å².